The molecule has 0 aliphatic carbocycles. The van der Waals surface area contributed by atoms with Gasteiger partial charge in [0.2, 0.25) is 11.8 Å². The molecular weight excluding hydrogens is 426 g/mol. The number of thiophene rings is 1. The highest BCUT2D eigenvalue weighted by atomic mass is 32.1. The minimum Gasteiger partial charge on any atom is -0.486 e. The molecule has 2 amide bonds. The summed E-state index contributed by atoms with van der Waals surface area (Å²) in [6, 6.07) is 18.8. The first-order valence-electron chi connectivity index (χ1n) is 10.3. The molecule has 0 spiro atoms. The molecular formula is C24H25N3O4S. The summed E-state index contributed by atoms with van der Waals surface area (Å²) < 4.78 is 11.3. The number of likely N-dealkylation sites (N-methyl/N-ethyl adjacent to an activating group) is 1. The molecule has 4 rings (SSSR count). The van der Waals surface area contributed by atoms with Crippen LogP contribution in [0.3, 0.4) is 0 Å². The molecule has 0 radical (unpaired) electrons. The Morgan fingerprint density at radius 3 is 2.50 bits per heavy atom. The largest absolute Gasteiger partial charge is 0.486 e. The van der Waals surface area contributed by atoms with Crippen molar-refractivity contribution >= 4 is 34.5 Å². The Bertz CT molecular complexity index is 1060. The van der Waals surface area contributed by atoms with Gasteiger partial charge in [-0.2, -0.15) is 0 Å². The van der Waals surface area contributed by atoms with Gasteiger partial charge in [0.25, 0.3) is 0 Å². The van der Waals surface area contributed by atoms with Gasteiger partial charge in [0.05, 0.1) is 19.6 Å². The van der Waals surface area contributed by atoms with E-state index < -0.39 is 0 Å². The van der Waals surface area contributed by atoms with Gasteiger partial charge in [-0.15, -0.1) is 11.3 Å². The second-order valence-corrected chi connectivity index (χ2v) is 8.51. The van der Waals surface area contributed by atoms with Crippen LogP contribution < -0.4 is 19.7 Å². The lowest BCUT2D eigenvalue weighted by Crippen LogP contribution is -2.41. The van der Waals surface area contributed by atoms with E-state index in [1.165, 1.54) is 0 Å². The van der Waals surface area contributed by atoms with Crippen LogP contribution >= 0.6 is 11.3 Å². The zero-order chi connectivity index (χ0) is 22.3. The average Bonchev–Trinajstić information content (AvgIpc) is 3.31. The number of anilines is 2. The maximum atomic E-state index is 13.3. The quantitative estimate of drug-likeness (QED) is 0.566. The van der Waals surface area contributed by atoms with E-state index in [2.05, 4.69) is 5.32 Å². The van der Waals surface area contributed by atoms with Crippen molar-refractivity contribution in [1.29, 1.82) is 0 Å². The second-order valence-electron chi connectivity index (χ2n) is 7.47. The molecule has 166 valence electrons. The summed E-state index contributed by atoms with van der Waals surface area (Å²) in [7, 11) is 1.76. The average molecular weight is 452 g/mol. The Morgan fingerprint density at radius 2 is 1.75 bits per heavy atom. The summed E-state index contributed by atoms with van der Waals surface area (Å²) in [5.41, 5.74) is 1.46. The molecule has 2 aromatic carbocycles. The Morgan fingerprint density at radius 1 is 0.969 bits per heavy atom. The smallest absolute Gasteiger partial charge is 0.241 e. The van der Waals surface area contributed by atoms with Crippen molar-refractivity contribution < 1.29 is 19.1 Å². The van der Waals surface area contributed by atoms with E-state index in [9.17, 15) is 9.59 Å². The monoisotopic (exact) mass is 451 g/mol. The number of nitrogens with zero attached hydrogens (tertiary/aromatic N) is 2. The van der Waals surface area contributed by atoms with E-state index in [0.717, 1.165) is 16.3 Å². The summed E-state index contributed by atoms with van der Waals surface area (Å²) in [6.07, 6.45) is 0. The van der Waals surface area contributed by atoms with Crippen molar-refractivity contribution in [3.63, 3.8) is 0 Å². The summed E-state index contributed by atoms with van der Waals surface area (Å²) in [4.78, 5) is 30.1. The first-order valence-corrected chi connectivity index (χ1v) is 11.2. The molecule has 0 atom stereocenters. The highest BCUT2D eigenvalue weighted by Gasteiger charge is 2.22. The maximum Gasteiger partial charge on any atom is 0.241 e. The van der Waals surface area contributed by atoms with Gasteiger partial charge in [0.1, 0.15) is 13.2 Å². The molecule has 0 saturated carbocycles. The fourth-order valence-electron chi connectivity index (χ4n) is 3.42. The Kier molecular flexibility index (Phi) is 7.03. The third-order valence-corrected chi connectivity index (χ3v) is 5.77. The van der Waals surface area contributed by atoms with Crippen LogP contribution in [0.25, 0.3) is 0 Å². The molecule has 2 heterocycles. The minimum absolute atomic E-state index is 0.0992. The van der Waals surface area contributed by atoms with Crippen LogP contribution in [-0.4, -0.2) is 50.1 Å². The zero-order valence-corrected chi connectivity index (χ0v) is 18.6. The molecule has 32 heavy (non-hydrogen) atoms. The maximum absolute atomic E-state index is 13.3. The third-order valence-electron chi connectivity index (χ3n) is 4.91. The molecule has 1 N–H and O–H groups in total. The van der Waals surface area contributed by atoms with Gasteiger partial charge < -0.3 is 19.7 Å². The molecule has 0 fully saturated rings. The van der Waals surface area contributed by atoms with Crippen molar-refractivity contribution in [2.75, 3.05) is 43.6 Å². The van der Waals surface area contributed by atoms with Crippen LogP contribution in [0.1, 0.15) is 4.88 Å². The lowest BCUT2D eigenvalue weighted by molar-refractivity contribution is -0.121. The van der Waals surface area contributed by atoms with Crippen molar-refractivity contribution in [2.45, 2.75) is 6.54 Å². The fraction of sp³-hybridized carbons (Fsp3) is 0.250. The molecule has 0 bridgehead atoms. The number of ether oxygens (including phenoxy) is 2. The van der Waals surface area contributed by atoms with Crippen LogP contribution in [0.15, 0.2) is 66.0 Å². The summed E-state index contributed by atoms with van der Waals surface area (Å²) in [6.45, 7) is 1.64. The van der Waals surface area contributed by atoms with Crippen molar-refractivity contribution in [2.24, 2.45) is 0 Å². The number of carbonyl (C=O) groups is 2. The SMILES string of the molecule is CN(CC(=O)Nc1ccccc1)CC(=O)N(Cc1cccs1)c1ccc2c(c1)OCCO2. The highest BCUT2D eigenvalue weighted by molar-refractivity contribution is 7.09. The van der Waals surface area contributed by atoms with Gasteiger partial charge in [0.15, 0.2) is 11.5 Å². The number of benzene rings is 2. The van der Waals surface area contributed by atoms with Gasteiger partial charge in [-0.25, -0.2) is 0 Å². The van der Waals surface area contributed by atoms with E-state index in [1.807, 2.05) is 66.0 Å². The standard InChI is InChI=1S/C24H25N3O4S/c1-26(16-23(28)25-18-6-3-2-4-7-18)17-24(29)27(15-20-8-5-13-32-20)19-9-10-21-22(14-19)31-12-11-30-21/h2-10,13-14H,11-12,15-17H2,1H3,(H,25,28). The minimum atomic E-state index is -0.171. The lowest BCUT2D eigenvalue weighted by Gasteiger charge is -2.27. The van der Waals surface area contributed by atoms with Gasteiger partial charge >= 0.3 is 0 Å². The number of nitrogens with one attached hydrogen (secondary N) is 1. The normalized spacial score (nSPS) is 12.4. The summed E-state index contributed by atoms with van der Waals surface area (Å²) >= 11 is 1.60. The molecule has 1 aromatic heterocycles. The van der Waals surface area contributed by atoms with Crippen molar-refractivity contribution in [3.8, 4) is 11.5 Å². The second kappa shape index (κ2) is 10.3. The van der Waals surface area contributed by atoms with Crippen molar-refractivity contribution in [1.82, 2.24) is 4.90 Å². The van der Waals surface area contributed by atoms with E-state index in [-0.39, 0.29) is 24.9 Å². The Balaban J connectivity index is 1.44. The van der Waals surface area contributed by atoms with Crippen LogP contribution in [0.4, 0.5) is 11.4 Å². The van der Waals surface area contributed by atoms with E-state index in [4.69, 9.17) is 9.47 Å². The molecule has 3 aromatic rings. The van der Waals surface area contributed by atoms with Gasteiger partial charge in [-0.3, -0.25) is 14.5 Å². The van der Waals surface area contributed by atoms with Gasteiger partial charge in [0, 0.05) is 22.3 Å². The number of hydrogen-bond donors (Lipinski definition) is 1. The molecule has 8 heteroatoms. The Labute approximate surface area is 191 Å². The third kappa shape index (κ3) is 5.66. The number of amides is 2. The van der Waals surface area contributed by atoms with E-state index >= 15 is 0 Å². The first kappa shape index (κ1) is 21.9. The van der Waals surface area contributed by atoms with Crippen LogP contribution in [0.2, 0.25) is 0 Å². The number of para-hydroxylation sites is 1. The first-order chi connectivity index (χ1) is 15.6. The number of fused-ring (bicyclic) bond motifs is 1. The topological polar surface area (TPSA) is 71.1 Å². The predicted molar refractivity (Wildman–Crippen MR) is 126 cm³/mol. The van der Waals surface area contributed by atoms with Gasteiger partial charge in [-0.1, -0.05) is 24.3 Å². The Hall–Kier alpha value is -3.36. The highest BCUT2D eigenvalue weighted by Crippen LogP contribution is 2.34. The van der Waals surface area contributed by atoms with E-state index in [0.29, 0.717) is 31.3 Å². The number of hydrogen-bond acceptors (Lipinski definition) is 6. The number of carbonyl (C=O) groups excluding carboxylic acids is 2. The molecule has 0 unspecified atom stereocenters. The lowest BCUT2D eigenvalue weighted by atomic mass is 10.2. The van der Waals surface area contributed by atoms with Crippen LogP contribution in [0.5, 0.6) is 11.5 Å². The zero-order valence-electron chi connectivity index (χ0n) is 17.8. The molecule has 1 aliphatic rings. The van der Waals surface area contributed by atoms with Crippen LogP contribution in [-0.2, 0) is 16.1 Å². The molecule has 0 saturated heterocycles. The van der Waals surface area contributed by atoms with E-state index in [1.54, 1.807) is 28.2 Å². The van der Waals surface area contributed by atoms with Crippen LogP contribution in [0, 0.1) is 0 Å². The molecule has 1 aliphatic heterocycles. The summed E-state index contributed by atoms with van der Waals surface area (Å²) in [5.74, 6) is 1.03. The molecule has 7 nitrogen and oxygen atoms in total. The fourth-order valence-corrected chi connectivity index (χ4v) is 4.11. The summed E-state index contributed by atoms with van der Waals surface area (Å²) in [5, 5.41) is 4.83. The van der Waals surface area contributed by atoms with Crippen molar-refractivity contribution in [3.05, 3.63) is 70.9 Å². The predicted octanol–water partition coefficient (Wildman–Crippen LogP) is 3.62. The number of rotatable bonds is 8. The van der Waals surface area contributed by atoms with Gasteiger partial charge in [-0.05, 0) is 42.8 Å².